The zero-order chi connectivity index (χ0) is 17.5. The summed E-state index contributed by atoms with van der Waals surface area (Å²) >= 11 is 11.8. The number of imide groups is 1. The van der Waals surface area contributed by atoms with Crippen LogP contribution in [0.1, 0.15) is 6.92 Å². The van der Waals surface area contributed by atoms with E-state index in [9.17, 15) is 18.0 Å². The van der Waals surface area contributed by atoms with Crippen LogP contribution in [0.4, 0.5) is 10.5 Å². The molecule has 0 aromatic heterocycles. The average molecular weight is 379 g/mol. The standard InChI is InChI=1S/C13H14Cl2N3O4S/c1-7-11(12(19)18(3)13(20)17(7)2)23(21,22)16-10-6-8(14)4-5-9(10)15/h4-6,11,16H,1-3H3/q+1. The van der Waals surface area contributed by atoms with Crippen LogP contribution in [0.15, 0.2) is 18.2 Å². The van der Waals surface area contributed by atoms with Gasteiger partial charge in [0.05, 0.1) is 24.8 Å². The van der Waals surface area contributed by atoms with Crippen LogP contribution >= 0.6 is 23.2 Å². The summed E-state index contributed by atoms with van der Waals surface area (Å²) < 4.78 is 28.6. The molecular weight excluding hydrogens is 365 g/mol. The van der Waals surface area contributed by atoms with E-state index in [4.69, 9.17) is 23.2 Å². The Balaban J connectivity index is 2.49. The van der Waals surface area contributed by atoms with Gasteiger partial charge in [0.2, 0.25) is 5.25 Å². The third kappa shape index (κ3) is 3.19. The molecule has 0 aliphatic carbocycles. The van der Waals surface area contributed by atoms with Gasteiger partial charge in [-0.3, -0.25) is 4.72 Å². The molecule has 23 heavy (non-hydrogen) atoms. The number of nitrogens with one attached hydrogen (secondary N) is 1. The molecule has 0 bridgehead atoms. The zero-order valence-electron chi connectivity index (χ0n) is 12.5. The topological polar surface area (TPSA) is 86.6 Å². The summed E-state index contributed by atoms with van der Waals surface area (Å²) in [6.07, 6.45) is 0. The lowest BCUT2D eigenvalue weighted by Gasteiger charge is -2.23. The highest BCUT2D eigenvalue weighted by Crippen LogP contribution is 2.27. The number of carbonyl (C=O) groups is 2. The van der Waals surface area contributed by atoms with Gasteiger partial charge >= 0.3 is 11.9 Å². The van der Waals surface area contributed by atoms with Crippen LogP contribution in [0, 0.1) is 0 Å². The number of benzene rings is 1. The zero-order valence-corrected chi connectivity index (χ0v) is 14.8. The Morgan fingerprint density at radius 1 is 1.26 bits per heavy atom. The van der Waals surface area contributed by atoms with E-state index in [0.717, 1.165) is 9.48 Å². The molecule has 1 aliphatic heterocycles. The van der Waals surface area contributed by atoms with Crippen molar-refractivity contribution in [2.75, 3.05) is 18.8 Å². The Morgan fingerprint density at radius 3 is 2.48 bits per heavy atom. The molecule has 0 saturated carbocycles. The Hall–Kier alpha value is -1.64. The van der Waals surface area contributed by atoms with E-state index in [1.165, 1.54) is 39.2 Å². The summed E-state index contributed by atoms with van der Waals surface area (Å²) in [7, 11) is -1.56. The number of amides is 3. The van der Waals surface area contributed by atoms with E-state index < -0.39 is 27.2 Å². The number of sulfonamides is 1. The summed E-state index contributed by atoms with van der Waals surface area (Å²) in [5.74, 6) is -0.837. The lowest BCUT2D eigenvalue weighted by molar-refractivity contribution is -0.405. The second-order valence-corrected chi connectivity index (χ2v) is 7.64. The van der Waals surface area contributed by atoms with Crippen LogP contribution in [0.3, 0.4) is 0 Å². The van der Waals surface area contributed by atoms with Crippen LogP contribution in [-0.4, -0.2) is 54.9 Å². The van der Waals surface area contributed by atoms with E-state index >= 15 is 0 Å². The van der Waals surface area contributed by atoms with Gasteiger partial charge in [0.25, 0.3) is 10.0 Å². The molecule has 1 atom stereocenters. The minimum absolute atomic E-state index is 0.0574. The summed E-state index contributed by atoms with van der Waals surface area (Å²) in [5, 5.41) is -1.12. The molecule has 1 aliphatic rings. The first kappa shape index (κ1) is 17.7. The van der Waals surface area contributed by atoms with Crippen molar-refractivity contribution in [3.8, 4) is 0 Å². The molecule has 7 nitrogen and oxygen atoms in total. The molecule has 0 spiro atoms. The molecule has 1 unspecified atom stereocenters. The Bertz CT molecular complexity index is 836. The Labute approximate surface area is 143 Å². The highest BCUT2D eigenvalue weighted by molar-refractivity contribution is 7.94. The normalized spacial score (nSPS) is 19.3. The lowest BCUT2D eigenvalue weighted by Crippen LogP contribution is -2.57. The number of hydrogen-bond acceptors (Lipinski definition) is 4. The molecule has 1 N–H and O–H groups in total. The molecule has 10 heteroatoms. The maximum absolute atomic E-state index is 12.6. The number of hydrogen-bond donors (Lipinski definition) is 1. The Kier molecular flexibility index (Phi) is 4.70. The van der Waals surface area contributed by atoms with Gasteiger partial charge in [-0.2, -0.15) is 14.3 Å². The second kappa shape index (κ2) is 6.10. The van der Waals surface area contributed by atoms with Crippen molar-refractivity contribution in [3.63, 3.8) is 0 Å². The van der Waals surface area contributed by atoms with Gasteiger partial charge in [0.15, 0.2) is 0 Å². The summed E-state index contributed by atoms with van der Waals surface area (Å²) in [5.41, 5.74) is 0.158. The highest BCUT2D eigenvalue weighted by atomic mass is 35.5. The fourth-order valence-corrected chi connectivity index (χ4v) is 4.16. The van der Waals surface area contributed by atoms with Crippen molar-refractivity contribution in [1.29, 1.82) is 0 Å². The summed E-state index contributed by atoms with van der Waals surface area (Å²) in [4.78, 5) is 24.9. The van der Waals surface area contributed by atoms with E-state index in [-0.39, 0.29) is 21.4 Å². The maximum Gasteiger partial charge on any atom is 0.500 e. The predicted octanol–water partition coefficient (Wildman–Crippen LogP) is 1.80. The minimum Gasteiger partial charge on any atom is -0.281 e. The van der Waals surface area contributed by atoms with E-state index in [0.29, 0.717) is 0 Å². The SMILES string of the molecule is CC1=[N+](C)C(=O)N(C)C(=O)C1S(=O)(=O)Nc1cc(Cl)ccc1Cl. The predicted molar refractivity (Wildman–Crippen MR) is 87.8 cm³/mol. The highest BCUT2D eigenvalue weighted by Gasteiger charge is 2.50. The molecule has 2 rings (SSSR count). The Morgan fingerprint density at radius 2 is 1.87 bits per heavy atom. The van der Waals surface area contributed by atoms with E-state index in [2.05, 4.69) is 4.72 Å². The largest absolute Gasteiger partial charge is 0.500 e. The molecule has 0 fully saturated rings. The van der Waals surface area contributed by atoms with Crippen molar-refractivity contribution in [2.45, 2.75) is 12.2 Å². The van der Waals surface area contributed by atoms with Gasteiger partial charge in [0, 0.05) is 5.02 Å². The second-order valence-electron chi connectivity index (χ2n) is 5.03. The third-order valence-corrected chi connectivity index (χ3v) is 5.76. The van der Waals surface area contributed by atoms with Gasteiger partial charge < -0.3 is 0 Å². The van der Waals surface area contributed by atoms with Gasteiger partial charge in [-0.25, -0.2) is 13.2 Å². The molecule has 124 valence electrons. The van der Waals surface area contributed by atoms with Crippen LogP contribution in [-0.2, 0) is 14.8 Å². The smallest absolute Gasteiger partial charge is 0.281 e. The van der Waals surface area contributed by atoms with Crippen molar-refractivity contribution >= 4 is 56.6 Å². The average Bonchev–Trinajstić information content (AvgIpc) is 2.46. The number of carbonyl (C=O) groups excluding carboxylic acids is 2. The van der Waals surface area contributed by atoms with Crippen LogP contribution in [0.5, 0.6) is 0 Å². The first-order valence-electron chi connectivity index (χ1n) is 6.41. The van der Waals surface area contributed by atoms with Gasteiger partial charge in [-0.15, -0.1) is 0 Å². The van der Waals surface area contributed by atoms with Crippen molar-refractivity contribution in [1.82, 2.24) is 4.90 Å². The first-order chi connectivity index (χ1) is 10.6. The molecular formula is C13H14Cl2N3O4S+. The van der Waals surface area contributed by atoms with Gasteiger partial charge in [0.1, 0.15) is 5.71 Å². The molecule has 1 heterocycles. The molecule has 3 amide bonds. The molecule has 0 radical (unpaired) electrons. The number of nitrogens with zero attached hydrogens (tertiary/aromatic N) is 2. The number of urea groups is 1. The maximum atomic E-state index is 12.6. The lowest BCUT2D eigenvalue weighted by atomic mass is 10.2. The van der Waals surface area contributed by atoms with Crippen molar-refractivity contribution in [3.05, 3.63) is 28.2 Å². The van der Waals surface area contributed by atoms with Gasteiger partial charge in [-0.05, 0) is 25.1 Å². The summed E-state index contributed by atoms with van der Waals surface area (Å²) in [6.45, 7) is 1.41. The number of anilines is 1. The van der Waals surface area contributed by atoms with Crippen LogP contribution in [0.25, 0.3) is 0 Å². The first-order valence-corrected chi connectivity index (χ1v) is 8.72. The monoisotopic (exact) mass is 378 g/mol. The van der Waals surface area contributed by atoms with Crippen molar-refractivity contribution in [2.24, 2.45) is 0 Å². The van der Waals surface area contributed by atoms with E-state index in [1.807, 2.05) is 0 Å². The minimum atomic E-state index is -4.18. The van der Waals surface area contributed by atoms with Gasteiger partial charge in [-0.1, -0.05) is 23.2 Å². The fraction of sp³-hybridized carbons (Fsp3) is 0.308. The van der Waals surface area contributed by atoms with Crippen LogP contribution < -0.4 is 4.72 Å². The quantitative estimate of drug-likeness (QED) is 0.812. The number of rotatable bonds is 3. The summed E-state index contributed by atoms with van der Waals surface area (Å²) in [6, 6.07) is 3.68. The third-order valence-electron chi connectivity index (χ3n) is 3.53. The van der Waals surface area contributed by atoms with E-state index in [1.54, 1.807) is 0 Å². The molecule has 1 aromatic carbocycles. The molecule has 0 saturated heterocycles. The fourth-order valence-electron chi connectivity index (χ4n) is 2.15. The number of halogens is 2. The van der Waals surface area contributed by atoms with Crippen LogP contribution in [0.2, 0.25) is 10.0 Å². The molecule has 1 aromatic rings. The van der Waals surface area contributed by atoms with Crippen molar-refractivity contribution < 1.29 is 22.6 Å².